The lowest BCUT2D eigenvalue weighted by Crippen LogP contribution is -2.32. The quantitative estimate of drug-likeness (QED) is 0.867. The Hall–Kier alpha value is -2.36. The molecule has 0 bridgehead atoms. The van der Waals surface area contributed by atoms with Gasteiger partial charge in [0, 0.05) is 19.0 Å². The summed E-state index contributed by atoms with van der Waals surface area (Å²) in [5.41, 5.74) is 1.26. The van der Waals surface area contributed by atoms with E-state index in [1.807, 2.05) is 18.2 Å². The first-order chi connectivity index (χ1) is 10.7. The number of amides is 1. The molecule has 3 rings (SSSR count). The lowest BCUT2D eigenvalue weighted by Gasteiger charge is -2.17. The average Bonchev–Trinajstić information content (AvgIpc) is 3.05. The largest absolute Gasteiger partial charge is 0.481 e. The van der Waals surface area contributed by atoms with Crippen molar-refractivity contribution in [1.82, 2.24) is 4.90 Å². The molecule has 1 amide bonds. The molecule has 0 spiro atoms. The number of ether oxygens (including phenoxy) is 1. The van der Waals surface area contributed by atoms with Crippen molar-refractivity contribution in [2.24, 2.45) is 0 Å². The summed E-state index contributed by atoms with van der Waals surface area (Å²) in [5, 5.41) is 0. The molecular weight excluding hydrogens is 281 g/mol. The van der Waals surface area contributed by atoms with Crippen LogP contribution < -0.4 is 4.74 Å². The molecule has 1 fully saturated rings. The molecule has 1 aliphatic heterocycles. The summed E-state index contributed by atoms with van der Waals surface area (Å²) in [4.78, 5) is 14.0. The van der Waals surface area contributed by atoms with Gasteiger partial charge in [-0.25, -0.2) is 4.39 Å². The van der Waals surface area contributed by atoms with Crippen LogP contribution in [-0.2, 0) is 4.79 Å². The maximum atomic E-state index is 13.5. The molecule has 0 aromatic heterocycles. The van der Waals surface area contributed by atoms with E-state index in [9.17, 15) is 9.18 Å². The zero-order valence-corrected chi connectivity index (χ0v) is 12.2. The number of likely N-dealkylation sites (tertiary alicyclic amines) is 1. The molecule has 0 saturated carbocycles. The topological polar surface area (TPSA) is 29.5 Å². The Bertz CT molecular complexity index is 645. The zero-order valence-electron chi connectivity index (χ0n) is 12.2. The maximum Gasteiger partial charge on any atom is 0.260 e. The fraction of sp³-hybridized carbons (Fsp3) is 0.278. The minimum absolute atomic E-state index is 0.0957. The minimum atomic E-state index is -0.445. The number of hydrogen-bond acceptors (Lipinski definition) is 2. The van der Waals surface area contributed by atoms with E-state index < -0.39 is 5.82 Å². The average molecular weight is 299 g/mol. The number of benzene rings is 2. The van der Waals surface area contributed by atoms with Gasteiger partial charge >= 0.3 is 0 Å². The predicted molar refractivity (Wildman–Crippen MR) is 82.3 cm³/mol. The van der Waals surface area contributed by atoms with Crippen molar-refractivity contribution in [3.63, 3.8) is 0 Å². The van der Waals surface area contributed by atoms with Gasteiger partial charge in [-0.2, -0.15) is 0 Å². The number of carbonyl (C=O) groups excluding carboxylic acids is 1. The van der Waals surface area contributed by atoms with Crippen molar-refractivity contribution in [1.29, 1.82) is 0 Å². The van der Waals surface area contributed by atoms with Crippen LogP contribution in [0.3, 0.4) is 0 Å². The van der Waals surface area contributed by atoms with Crippen LogP contribution >= 0.6 is 0 Å². The lowest BCUT2D eigenvalue weighted by atomic mass is 9.99. The molecule has 114 valence electrons. The van der Waals surface area contributed by atoms with Crippen LogP contribution in [-0.4, -0.2) is 30.5 Å². The third kappa shape index (κ3) is 3.27. The SMILES string of the molecule is O=C(COc1ccccc1F)N1CCC(c2ccccc2)C1. The first kappa shape index (κ1) is 14.6. The molecule has 0 N–H and O–H groups in total. The minimum Gasteiger partial charge on any atom is -0.481 e. The molecular formula is C18H18FNO2. The summed E-state index contributed by atoms with van der Waals surface area (Å²) in [6, 6.07) is 16.3. The van der Waals surface area contributed by atoms with Crippen molar-refractivity contribution < 1.29 is 13.9 Å². The number of carbonyl (C=O) groups is 1. The van der Waals surface area contributed by atoms with E-state index in [0.717, 1.165) is 13.0 Å². The summed E-state index contributed by atoms with van der Waals surface area (Å²) in [5.74, 6) is -0.0474. The van der Waals surface area contributed by atoms with E-state index in [1.165, 1.54) is 17.7 Å². The molecule has 1 heterocycles. The zero-order chi connectivity index (χ0) is 15.4. The maximum absolute atomic E-state index is 13.5. The molecule has 1 atom stereocenters. The van der Waals surface area contributed by atoms with Crippen LogP contribution in [0.4, 0.5) is 4.39 Å². The molecule has 1 aliphatic rings. The van der Waals surface area contributed by atoms with Gasteiger partial charge in [0.1, 0.15) is 0 Å². The molecule has 2 aromatic rings. The standard InChI is InChI=1S/C18H18FNO2/c19-16-8-4-5-9-17(16)22-13-18(21)20-11-10-15(12-20)14-6-2-1-3-7-14/h1-9,15H,10-13H2. The fourth-order valence-electron chi connectivity index (χ4n) is 2.78. The number of rotatable bonds is 4. The van der Waals surface area contributed by atoms with Crippen LogP contribution in [0.25, 0.3) is 0 Å². The second-order valence-electron chi connectivity index (χ2n) is 5.46. The molecule has 4 heteroatoms. The van der Waals surface area contributed by atoms with Crippen molar-refractivity contribution >= 4 is 5.91 Å². The highest BCUT2D eigenvalue weighted by molar-refractivity contribution is 5.78. The van der Waals surface area contributed by atoms with Crippen LogP contribution in [0, 0.1) is 5.82 Å². The molecule has 0 aliphatic carbocycles. The molecule has 0 radical (unpaired) electrons. The van der Waals surface area contributed by atoms with Crippen molar-refractivity contribution in [3.05, 3.63) is 66.0 Å². The van der Waals surface area contributed by atoms with Gasteiger partial charge in [-0.15, -0.1) is 0 Å². The Labute approximate surface area is 129 Å². The number of nitrogens with zero attached hydrogens (tertiary/aromatic N) is 1. The number of para-hydroxylation sites is 1. The predicted octanol–water partition coefficient (Wildman–Crippen LogP) is 3.22. The van der Waals surface area contributed by atoms with E-state index in [1.54, 1.807) is 17.0 Å². The van der Waals surface area contributed by atoms with Gasteiger partial charge in [-0.3, -0.25) is 4.79 Å². The molecule has 3 nitrogen and oxygen atoms in total. The number of halogens is 1. The van der Waals surface area contributed by atoms with Gasteiger partial charge < -0.3 is 9.64 Å². The molecule has 22 heavy (non-hydrogen) atoms. The summed E-state index contributed by atoms with van der Waals surface area (Å²) < 4.78 is 18.7. The second-order valence-corrected chi connectivity index (χ2v) is 5.46. The van der Waals surface area contributed by atoms with Gasteiger partial charge in [-0.05, 0) is 24.1 Å². The van der Waals surface area contributed by atoms with E-state index in [-0.39, 0.29) is 18.3 Å². The summed E-state index contributed by atoms with van der Waals surface area (Å²) in [6.45, 7) is 1.30. The molecule has 2 aromatic carbocycles. The molecule has 1 unspecified atom stereocenters. The van der Waals surface area contributed by atoms with Crippen LogP contribution in [0.5, 0.6) is 5.75 Å². The second kappa shape index (κ2) is 6.60. The highest BCUT2D eigenvalue weighted by atomic mass is 19.1. The Morgan fingerprint density at radius 2 is 1.86 bits per heavy atom. The Balaban J connectivity index is 1.55. The van der Waals surface area contributed by atoms with Crippen molar-refractivity contribution in [2.45, 2.75) is 12.3 Å². The fourth-order valence-corrected chi connectivity index (χ4v) is 2.78. The first-order valence-electron chi connectivity index (χ1n) is 7.44. The first-order valence-corrected chi connectivity index (χ1v) is 7.44. The highest BCUT2D eigenvalue weighted by Gasteiger charge is 2.27. The number of hydrogen-bond donors (Lipinski definition) is 0. The monoisotopic (exact) mass is 299 g/mol. The van der Waals surface area contributed by atoms with Crippen LogP contribution in [0.15, 0.2) is 54.6 Å². The highest BCUT2D eigenvalue weighted by Crippen LogP contribution is 2.27. The normalized spacial score (nSPS) is 17.5. The third-order valence-corrected chi connectivity index (χ3v) is 4.00. The molecule has 1 saturated heterocycles. The van der Waals surface area contributed by atoms with Crippen LogP contribution in [0.2, 0.25) is 0 Å². The van der Waals surface area contributed by atoms with Gasteiger partial charge in [-0.1, -0.05) is 42.5 Å². The van der Waals surface area contributed by atoms with Crippen LogP contribution in [0.1, 0.15) is 17.9 Å². The van der Waals surface area contributed by atoms with E-state index in [4.69, 9.17) is 4.74 Å². The van der Waals surface area contributed by atoms with Gasteiger partial charge in [0.25, 0.3) is 5.91 Å². The van der Waals surface area contributed by atoms with E-state index in [2.05, 4.69) is 12.1 Å². The van der Waals surface area contributed by atoms with Gasteiger partial charge in [0.15, 0.2) is 18.2 Å². The summed E-state index contributed by atoms with van der Waals surface area (Å²) in [6.07, 6.45) is 0.954. The Morgan fingerprint density at radius 1 is 1.14 bits per heavy atom. The van der Waals surface area contributed by atoms with E-state index in [0.29, 0.717) is 12.5 Å². The smallest absolute Gasteiger partial charge is 0.260 e. The van der Waals surface area contributed by atoms with Gasteiger partial charge in [0.05, 0.1) is 0 Å². The lowest BCUT2D eigenvalue weighted by molar-refractivity contribution is -0.132. The van der Waals surface area contributed by atoms with Crippen molar-refractivity contribution in [3.8, 4) is 5.75 Å². The summed E-state index contributed by atoms with van der Waals surface area (Å²) >= 11 is 0. The Kier molecular flexibility index (Phi) is 4.37. The van der Waals surface area contributed by atoms with Gasteiger partial charge in [0.2, 0.25) is 0 Å². The summed E-state index contributed by atoms with van der Waals surface area (Å²) in [7, 11) is 0. The Morgan fingerprint density at radius 3 is 2.64 bits per heavy atom. The van der Waals surface area contributed by atoms with E-state index >= 15 is 0 Å². The van der Waals surface area contributed by atoms with Crippen molar-refractivity contribution in [2.75, 3.05) is 19.7 Å². The third-order valence-electron chi connectivity index (χ3n) is 4.00.